The molecule has 1 aromatic heterocycles. The minimum absolute atomic E-state index is 0.172. The second-order valence-electron chi connectivity index (χ2n) is 6.42. The van der Waals surface area contributed by atoms with Gasteiger partial charge in [-0.3, -0.25) is 4.57 Å². The summed E-state index contributed by atoms with van der Waals surface area (Å²) in [6, 6.07) is 25.6. The standard InChI is InChI=1S/C23H20N2O2/c1-16-8-10-18(11-9-16)22-21(17-6-4-3-5-7-17)24-23(26)25(22)19-12-14-20(27-2)15-13-19/h3-15H,1-2H3,(H,24,26). The highest BCUT2D eigenvalue weighted by Gasteiger charge is 2.18. The molecule has 0 saturated heterocycles. The molecule has 27 heavy (non-hydrogen) atoms. The Kier molecular flexibility index (Phi) is 4.38. The summed E-state index contributed by atoms with van der Waals surface area (Å²) in [7, 11) is 1.63. The van der Waals surface area contributed by atoms with Crippen LogP contribution < -0.4 is 10.4 Å². The molecule has 4 aromatic rings. The predicted molar refractivity (Wildman–Crippen MR) is 109 cm³/mol. The molecule has 0 aliphatic carbocycles. The normalized spacial score (nSPS) is 10.7. The van der Waals surface area contributed by atoms with Crippen molar-refractivity contribution in [3.05, 3.63) is 94.9 Å². The molecule has 0 fully saturated rings. The number of imidazole rings is 1. The smallest absolute Gasteiger partial charge is 0.331 e. The van der Waals surface area contributed by atoms with Gasteiger partial charge in [0.05, 0.1) is 24.2 Å². The molecular weight excluding hydrogens is 336 g/mol. The fourth-order valence-electron chi connectivity index (χ4n) is 3.21. The SMILES string of the molecule is COc1ccc(-n2c(-c3ccc(C)cc3)c(-c3ccccc3)[nH]c2=O)cc1. The van der Waals surface area contributed by atoms with E-state index >= 15 is 0 Å². The van der Waals surface area contributed by atoms with Crippen molar-refractivity contribution in [3.8, 4) is 34.0 Å². The number of nitrogens with one attached hydrogen (secondary N) is 1. The Bertz CT molecular complexity index is 1110. The van der Waals surface area contributed by atoms with Crippen LogP contribution in [0.15, 0.2) is 83.7 Å². The van der Waals surface area contributed by atoms with Gasteiger partial charge in [-0.15, -0.1) is 0 Å². The molecule has 0 aliphatic rings. The molecule has 1 N–H and O–H groups in total. The first kappa shape index (κ1) is 16.9. The second kappa shape index (κ2) is 7.00. The van der Waals surface area contributed by atoms with E-state index in [1.165, 1.54) is 5.56 Å². The van der Waals surface area contributed by atoms with Crippen LogP contribution in [0.4, 0.5) is 0 Å². The maximum Gasteiger partial charge on any atom is 0.331 e. The zero-order chi connectivity index (χ0) is 18.8. The monoisotopic (exact) mass is 356 g/mol. The number of hydrogen-bond donors (Lipinski definition) is 1. The lowest BCUT2D eigenvalue weighted by Crippen LogP contribution is -2.15. The number of H-pyrrole nitrogens is 1. The van der Waals surface area contributed by atoms with Crippen molar-refractivity contribution in [1.82, 2.24) is 9.55 Å². The molecule has 0 radical (unpaired) electrons. The van der Waals surface area contributed by atoms with Crippen LogP contribution in [0.25, 0.3) is 28.2 Å². The number of ether oxygens (including phenoxy) is 1. The number of methoxy groups -OCH3 is 1. The predicted octanol–water partition coefficient (Wildman–Crippen LogP) is 4.82. The third-order valence-corrected chi connectivity index (χ3v) is 4.61. The summed E-state index contributed by atoms with van der Waals surface area (Å²) in [4.78, 5) is 16.0. The van der Waals surface area contributed by atoms with Crippen LogP contribution in [0, 0.1) is 6.92 Å². The van der Waals surface area contributed by atoms with Crippen LogP contribution in [-0.2, 0) is 0 Å². The third-order valence-electron chi connectivity index (χ3n) is 4.61. The van der Waals surface area contributed by atoms with E-state index in [0.29, 0.717) is 0 Å². The molecular formula is C23H20N2O2. The van der Waals surface area contributed by atoms with Crippen molar-refractivity contribution < 1.29 is 4.74 Å². The van der Waals surface area contributed by atoms with E-state index in [2.05, 4.69) is 24.0 Å². The van der Waals surface area contributed by atoms with Gasteiger partial charge in [-0.05, 0) is 31.2 Å². The van der Waals surface area contributed by atoms with Crippen molar-refractivity contribution in [3.63, 3.8) is 0 Å². The van der Waals surface area contributed by atoms with Crippen molar-refractivity contribution >= 4 is 0 Å². The molecule has 4 heteroatoms. The fraction of sp³-hybridized carbons (Fsp3) is 0.0870. The highest BCUT2D eigenvalue weighted by molar-refractivity contribution is 5.80. The van der Waals surface area contributed by atoms with Crippen molar-refractivity contribution in [2.75, 3.05) is 7.11 Å². The summed E-state index contributed by atoms with van der Waals surface area (Å²) < 4.78 is 6.96. The van der Waals surface area contributed by atoms with E-state index in [-0.39, 0.29) is 5.69 Å². The molecule has 0 aliphatic heterocycles. The number of nitrogens with zero attached hydrogens (tertiary/aromatic N) is 1. The molecule has 1 heterocycles. The highest BCUT2D eigenvalue weighted by atomic mass is 16.5. The minimum atomic E-state index is -0.172. The molecule has 3 aromatic carbocycles. The maximum atomic E-state index is 12.9. The Morgan fingerprint density at radius 1 is 0.815 bits per heavy atom. The number of aryl methyl sites for hydroxylation is 1. The molecule has 0 amide bonds. The number of aromatic amines is 1. The van der Waals surface area contributed by atoms with Gasteiger partial charge < -0.3 is 9.72 Å². The van der Waals surface area contributed by atoms with E-state index < -0.39 is 0 Å². The zero-order valence-corrected chi connectivity index (χ0v) is 15.3. The summed E-state index contributed by atoms with van der Waals surface area (Å²) in [5, 5.41) is 0. The number of rotatable bonds is 4. The van der Waals surface area contributed by atoms with Gasteiger partial charge in [-0.2, -0.15) is 0 Å². The van der Waals surface area contributed by atoms with Gasteiger partial charge in [0.25, 0.3) is 0 Å². The van der Waals surface area contributed by atoms with Gasteiger partial charge in [0.2, 0.25) is 0 Å². The van der Waals surface area contributed by atoms with E-state index in [1.807, 2.05) is 66.7 Å². The lowest BCUT2D eigenvalue weighted by molar-refractivity contribution is 0.414. The first-order valence-electron chi connectivity index (χ1n) is 8.79. The van der Waals surface area contributed by atoms with Crippen LogP contribution in [0.2, 0.25) is 0 Å². The highest BCUT2D eigenvalue weighted by Crippen LogP contribution is 2.32. The fourth-order valence-corrected chi connectivity index (χ4v) is 3.21. The molecule has 0 spiro atoms. The van der Waals surface area contributed by atoms with Crippen LogP contribution in [0.3, 0.4) is 0 Å². The van der Waals surface area contributed by atoms with Crippen LogP contribution in [0.1, 0.15) is 5.56 Å². The molecule has 0 atom stereocenters. The Balaban J connectivity index is 1.99. The largest absolute Gasteiger partial charge is 0.497 e. The Morgan fingerprint density at radius 2 is 1.48 bits per heavy atom. The second-order valence-corrected chi connectivity index (χ2v) is 6.42. The summed E-state index contributed by atoms with van der Waals surface area (Å²) in [6.07, 6.45) is 0. The lowest BCUT2D eigenvalue weighted by Gasteiger charge is -2.11. The van der Waals surface area contributed by atoms with Crippen molar-refractivity contribution in [1.29, 1.82) is 0 Å². The summed E-state index contributed by atoms with van der Waals surface area (Å²) >= 11 is 0. The van der Waals surface area contributed by atoms with Gasteiger partial charge in [0.15, 0.2) is 0 Å². The van der Waals surface area contributed by atoms with Crippen molar-refractivity contribution in [2.45, 2.75) is 6.92 Å². The number of aromatic nitrogens is 2. The van der Waals surface area contributed by atoms with E-state index in [9.17, 15) is 4.79 Å². The maximum absolute atomic E-state index is 12.9. The van der Waals surface area contributed by atoms with Gasteiger partial charge in [0.1, 0.15) is 5.75 Å². The van der Waals surface area contributed by atoms with E-state index in [1.54, 1.807) is 11.7 Å². The van der Waals surface area contributed by atoms with Gasteiger partial charge in [-0.1, -0.05) is 60.2 Å². The van der Waals surface area contributed by atoms with Crippen molar-refractivity contribution in [2.24, 2.45) is 0 Å². The van der Waals surface area contributed by atoms with E-state index in [4.69, 9.17) is 4.74 Å². The quantitative estimate of drug-likeness (QED) is 0.570. The first-order chi connectivity index (χ1) is 13.2. The average molecular weight is 356 g/mol. The minimum Gasteiger partial charge on any atom is -0.497 e. The Morgan fingerprint density at radius 3 is 2.11 bits per heavy atom. The van der Waals surface area contributed by atoms with Crippen LogP contribution in [0.5, 0.6) is 5.75 Å². The zero-order valence-electron chi connectivity index (χ0n) is 15.3. The average Bonchev–Trinajstić information content (AvgIpc) is 3.06. The molecule has 4 nitrogen and oxygen atoms in total. The van der Waals surface area contributed by atoms with Gasteiger partial charge >= 0.3 is 5.69 Å². The number of hydrogen-bond acceptors (Lipinski definition) is 2. The third kappa shape index (κ3) is 3.17. The molecule has 0 unspecified atom stereocenters. The molecule has 0 bridgehead atoms. The summed E-state index contributed by atoms with van der Waals surface area (Å²) in [5.41, 5.74) is 5.39. The molecule has 4 rings (SSSR count). The topological polar surface area (TPSA) is 47.0 Å². The summed E-state index contributed by atoms with van der Waals surface area (Å²) in [6.45, 7) is 2.05. The van der Waals surface area contributed by atoms with Crippen LogP contribution in [-0.4, -0.2) is 16.7 Å². The Hall–Kier alpha value is -3.53. The first-order valence-corrected chi connectivity index (χ1v) is 8.79. The van der Waals surface area contributed by atoms with Gasteiger partial charge in [0, 0.05) is 11.1 Å². The van der Waals surface area contributed by atoms with Gasteiger partial charge in [-0.25, -0.2) is 4.79 Å². The molecule has 134 valence electrons. The molecule has 0 saturated carbocycles. The number of benzene rings is 3. The summed E-state index contributed by atoms with van der Waals surface area (Å²) in [5.74, 6) is 0.752. The Labute approximate surface area is 157 Å². The van der Waals surface area contributed by atoms with Crippen LogP contribution >= 0.6 is 0 Å². The van der Waals surface area contributed by atoms with E-state index in [0.717, 1.165) is 34.0 Å². The lowest BCUT2D eigenvalue weighted by atomic mass is 10.0.